The normalized spacial score (nSPS) is 35.2. The molecule has 7 nitrogen and oxygen atoms in total. The number of carbonyl (C=O) groups excluding carboxylic acids is 1. The Bertz CT molecular complexity index is 439. The second kappa shape index (κ2) is 5.55. The van der Waals surface area contributed by atoms with Gasteiger partial charge in [0, 0.05) is 25.0 Å². The van der Waals surface area contributed by atoms with E-state index in [0.29, 0.717) is 6.61 Å². The Labute approximate surface area is 124 Å². The number of nitrogens with two attached hydrogens (primary N) is 1. The average molecular weight is 300 g/mol. The molecule has 2 aliphatic rings. The zero-order chi connectivity index (χ0) is 15.8. The molecular formula is C14H24N2O5. The van der Waals surface area contributed by atoms with Crippen LogP contribution in [0.4, 0.5) is 0 Å². The molecule has 1 aliphatic carbocycles. The second-order valence-electron chi connectivity index (χ2n) is 6.40. The summed E-state index contributed by atoms with van der Waals surface area (Å²) in [5, 5.41) is 11.5. The second-order valence-corrected chi connectivity index (χ2v) is 6.40. The SMILES string of the molecule is COC(CNC(=O)C1(N)C2CCCOC2C1(C)C)C(=O)O. The van der Waals surface area contributed by atoms with Gasteiger partial charge in [-0.25, -0.2) is 4.79 Å². The first kappa shape index (κ1) is 16.2. The Morgan fingerprint density at radius 3 is 2.76 bits per heavy atom. The number of hydrogen-bond acceptors (Lipinski definition) is 5. The van der Waals surface area contributed by atoms with E-state index in [0.717, 1.165) is 12.8 Å². The van der Waals surface area contributed by atoms with Gasteiger partial charge in [-0.05, 0) is 12.8 Å². The Morgan fingerprint density at radius 2 is 2.19 bits per heavy atom. The number of amides is 1. The highest BCUT2D eigenvalue weighted by molar-refractivity contribution is 5.90. The van der Waals surface area contributed by atoms with Crippen molar-refractivity contribution in [3.05, 3.63) is 0 Å². The summed E-state index contributed by atoms with van der Waals surface area (Å²) >= 11 is 0. The molecule has 0 aromatic heterocycles. The molecule has 1 saturated heterocycles. The highest BCUT2D eigenvalue weighted by Crippen LogP contribution is 2.57. The third kappa shape index (κ3) is 2.33. The fourth-order valence-corrected chi connectivity index (χ4v) is 3.64. The van der Waals surface area contributed by atoms with E-state index < -0.39 is 23.0 Å². The van der Waals surface area contributed by atoms with Gasteiger partial charge in [0.05, 0.1) is 12.6 Å². The summed E-state index contributed by atoms with van der Waals surface area (Å²) in [7, 11) is 1.29. The summed E-state index contributed by atoms with van der Waals surface area (Å²) in [6, 6.07) is 0. The number of carbonyl (C=O) groups is 2. The van der Waals surface area contributed by atoms with Crippen molar-refractivity contribution in [2.24, 2.45) is 17.1 Å². The number of hydrogen-bond donors (Lipinski definition) is 3. The molecule has 7 heteroatoms. The smallest absolute Gasteiger partial charge is 0.334 e. The lowest BCUT2D eigenvalue weighted by atomic mass is 9.46. The largest absolute Gasteiger partial charge is 0.479 e. The van der Waals surface area contributed by atoms with Gasteiger partial charge in [0.25, 0.3) is 0 Å². The van der Waals surface area contributed by atoms with Crippen LogP contribution in [0.15, 0.2) is 0 Å². The minimum absolute atomic E-state index is 0.0142. The van der Waals surface area contributed by atoms with E-state index in [2.05, 4.69) is 5.32 Å². The number of carboxylic acids is 1. The van der Waals surface area contributed by atoms with Gasteiger partial charge in [0.1, 0.15) is 5.54 Å². The maximum absolute atomic E-state index is 12.5. The number of nitrogens with one attached hydrogen (secondary N) is 1. The van der Waals surface area contributed by atoms with E-state index in [1.807, 2.05) is 13.8 Å². The lowest BCUT2D eigenvalue weighted by Gasteiger charge is -2.65. The molecule has 1 heterocycles. The first-order valence-corrected chi connectivity index (χ1v) is 7.21. The van der Waals surface area contributed by atoms with Crippen LogP contribution in [0.5, 0.6) is 0 Å². The molecule has 4 atom stereocenters. The Hall–Kier alpha value is -1.18. The number of rotatable bonds is 5. The molecule has 1 aliphatic heterocycles. The molecule has 2 fully saturated rings. The summed E-state index contributed by atoms with van der Waals surface area (Å²) in [6.07, 6.45) is 0.656. The van der Waals surface area contributed by atoms with Crippen LogP contribution in [0.2, 0.25) is 0 Å². The number of methoxy groups -OCH3 is 1. The molecule has 120 valence electrons. The molecule has 1 saturated carbocycles. The Balaban J connectivity index is 2.05. The van der Waals surface area contributed by atoms with Crippen molar-refractivity contribution in [2.75, 3.05) is 20.3 Å². The summed E-state index contributed by atoms with van der Waals surface area (Å²) in [6.45, 7) is 4.44. The first-order chi connectivity index (χ1) is 9.76. The van der Waals surface area contributed by atoms with E-state index in [-0.39, 0.29) is 24.5 Å². The van der Waals surface area contributed by atoms with Crippen LogP contribution >= 0.6 is 0 Å². The summed E-state index contributed by atoms with van der Waals surface area (Å²) in [5.74, 6) is -1.47. The number of carboxylic acid groups (broad SMARTS) is 1. The van der Waals surface area contributed by atoms with Gasteiger partial charge in [-0.1, -0.05) is 13.8 Å². The van der Waals surface area contributed by atoms with Gasteiger partial charge in [0.15, 0.2) is 6.10 Å². The molecule has 4 N–H and O–H groups in total. The topological polar surface area (TPSA) is 111 Å². The lowest BCUT2D eigenvalue weighted by molar-refractivity contribution is -0.225. The number of ether oxygens (including phenoxy) is 2. The van der Waals surface area contributed by atoms with Crippen molar-refractivity contribution < 1.29 is 24.2 Å². The zero-order valence-corrected chi connectivity index (χ0v) is 12.7. The van der Waals surface area contributed by atoms with E-state index in [9.17, 15) is 9.59 Å². The quantitative estimate of drug-likeness (QED) is 0.645. The van der Waals surface area contributed by atoms with Crippen LogP contribution < -0.4 is 11.1 Å². The van der Waals surface area contributed by atoms with Gasteiger partial charge < -0.3 is 25.6 Å². The molecule has 1 amide bonds. The zero-order valence-electron chi connectivity index (χ0n) is 12.7. The predicted octanol–water partition coefficient (Wildman–Crippen LogP) is -0.265. The van der Waals surface area contributed by atoms with Crippen molar-refractivity contribution >= 4 is 11.9 Å². The molecule has 0 bridgehead atoms. The van der Waals surface area contributed by atoms with Crippen LogP contribution in [0.3, 0.4) is 0 Å². The monoisotopic (exact) mass is 300 g/mol. The average Bonchev–Trinajstić information content (AvgIpc) is 2.46. The fraction of sp³-hybridized carbons (Fsp3) is 0.857. The standard InChI is InChI=1S/C14H24N2O5/c1-13(2)10-8(5-4-6-21-10)14(13,15)12(19)16-7-9(20-3)11(17)18/h8-10H,4-7,15H2,1-3H3,(H,16,19)(H,17,18). The van der Waals surface area contributed by atoms with Crippen molar-refractivity contribution in [1.82, 2.24) is 5.32 Å². The van der Waals surface area contributed by atoms with Crippen LogP contribution in [0.25, 0.3) is 0 Å². The van der Waals surface area contributed by atoms with Crippen molar-refractivity contribution in [1.29, 1.82) is 0 Å². The molecule has 21 heavy (non-hydrogen) atoms. The van der Waals surface area contributed by atoms with Crippen molar-refractivity contribution in [2.45, 2.75) is 44.4 Å². The lowest BCUT2D eigenvalue weighted by Crippen LogP contribution is -2.82. The van der Waals surface area contributed by atoms with Gasteiger partial charge in [-0.15, -0.1) is 0 Å². The van der Waals surface area contributed by atoms with Crippen LogP contribution in [0.1, 0.15) is 26.7 Å². The summed E-state index contributed by atoms with van der Waals surface area (Å²) < 4.78 is 10.5. The molecule has 0 aromatic rings. The van der Waals surface area contributed by atoms with Crippen molar-refractivity contribution in [3.63, 3.8) is 0 Å². The Kier molecular flexibility index (Phi) is 4.28. The third-order valence-corrected chi connectivity index (χ3v) is 5.07. The Morgan fingerprint density at radius 1 is 1.52 bits per heavy atom. The maximum Gasteiger partial charge on any atom is 0.334 e. The van der Waals surface area contributed by atoms with E-state index in [1.54, 1.807) is 0 Å². The number of aliphatic carboxylic acids is 1. The van der Waals surface area contributed by atoms with E-state index in [4.69, 9.17) is 20.3 Å². The molecule has 0 radical (unpaired) electrons. The van der Waals surface area contributed by atoms with Gasteiger partial charge in [0.2, 0.25) is 5.91 Å². The fourth-order valence-electron chi connectivity index (χ4n) is 3.64. The molecule has 0 spiro atoms. The van der Waals surface area contributed by atoms with E-state index in [1.165, 1.54) is 7.11 Å². The highest BCUT2D eigenvalue weighted by atomic mass is 16.5. The van der Waals surface area contributed by atoms with Gasteiger partial charge >= 0.3 is 5.97 Å². The van der Waals surface area contributed by atoms with Crippen LogP contribution in [0, 0.1) is 11.3 Å². The summed E-state index contributed by atoms with van der Waals surface area (Å²) in [4.78, 5) is 23.4. The highest BCUT2D eigenvalue weighted by Gasteiger charge is 2.70. The maximum atomic E-state index is 12.5. The first-order valence-electron chi connectivity index (χ1n) is 7.21. The van der Waals surface area contributed by atoms with Crippen molar-refractivity contribution in [3.8, 4) is 0 Å². The summed E-state index contributed by atoms with van der Waals surface area (Å²) in [5.41, 5.74) is 4.89. The van der Waals surface area contributed by atoms with Crippen LogP contribution in [-0.4, -0.2) is 55.0 Å². The molecule has 4 unspecified atom stereocenters. The number of fused-ring (bicyclic) bond motifs is 1. The molecule has 0 aromatic carbocycles. The molecule has 2 rings (SSSR count). The van der Waals surface area contributed by atoms with Gasteiger partial charge in [-0.2, -0.15) is 0 Å². The minimum Gasteiger partial charge on any atom is -0.479 e. The third-order valence-electron chi connectivity index (χ3n) is 5.07. The minimum atomic E-state index is -1.12. The predicted molar refractivity (Wildman–Crippen MR) is 74.6 cm³/mol. The van der Waals surface area contributed by atoms with Crippen LogP contribution in [-0.2, 0) is 19.1 Å². The van der Waals surface area contributed by atoms with E-state index >= 15 is 0 Å². The van der Waals surface area contributed by atoms with Gasteiger partial charge in [-0.3, -0.25) is 4.79 Å². The molecular weight excluding hydrogens is 276 g/mol.